The second kappa shape index (κ2) is 7.42. The molecule has 1 heterocycles. The molecule has 0 saturated carbocycles. The highest BCUT2D eigenvalue weighted by Gasteiger charge is 2.30. The summed E-state index contributed by atoms with van der Waals surface area (Å²) in [7, 11) is 0. The van der Waals surface area contributed by atoms with Gasteiger partial charge < -0.3 is 20.0 Å². The summed E-state index contributed by atoms with van der Waals surface area (Å²) >= 11 is 1.57. The van der Waals surface area contributed by atoms with Gasteiger partial charge in [-0.1, -0.05) is 48.2 Å². The zero-order valence-corrected chi connectivity index (χ0v) is 15.1. The fraction of sp³-hybridized carbons (Fsp3) is 0.143. The van der Waals surface area contributed by atoms with E-state index in [9.17, 15) is 14.7 Å². The lowest BCUT2D eigenvalue weighted by Crippen LogP contribution is -2.90. The second-order valence-electron chi connectivity index (χ2n) is 6.36. The molecule has 3 aromatic carbocycles. The minimum Gasteiger partial charge on any atom is -0.544 e. The van der Waals surface area contributed by atoms with E-state index < -0.39 is 18.0 Å². The van der Waals surface area contributed by atoms with E-state index in [4.69, 9.17) is 4.74 Å². The van der Waals surface area contributed by atoms with Crippen LogP contribution in [0.5, 0.6) is 5.75 Å². The van der Waals surface area contributed by atoms with Crippen molar-refractivity contribution in [2.24, 2.45) is 0 Å². The maximum Gasteiger partial charge on any atom is 0.344 e. The van der Waals surface area contributed by atoms with Crippen LogP contribution in [0.15, 0.2) is 66.7 Å². The predicted octanol–water partition coefficient (Wildman–Crippen LogP) is 1.49. The SMILES string of the molecule is O=C(Oc1ccc([C@H]2[NH2+][C@@H](C(=O)[O-])CS2)cc1)c1cccc2ccccc12. The fourth-order valence-corrected chi connectivity index (χ4v) is 4.49. The van der Waals surface area contributed by atoms with Gasteiger partial charge in [-0.25, -0.2) is 4.79 Å². The van der Waals surface area contributed by atoms with Gasteiger partial charge in [-0.05, 0) is 41.1 Å². The zero-order valence-electron chi connectivity index (χ0n) is 14.3. The van der Waals surface area contributed by atoms with Crippen LogP contribution in [0.1, 0.15) is 21.3 Å². The predicted molar refractivity (Wildman–Crippen MR) is 101 cm³/mol. The first-order chi connectivity index (χ1) is 13.1. The minimum atomic E-state index is -1.04. The number of carbonyl (C=O) groups is 2. The van der Waals surface area contributed by atoms with Crippen molar-refractivity contribution in [2.45, 2.75) is 11.4 Å². The lowest BCUT2D eigenvalue weighted by atomic mass is 10.0. The molecule has 0 unspecified atom stereocenters. The van der Waals surface area contributed by atoms with E-state index >= 15 is 0 Å². The average molecular weight is 379 g/mol. The number of ether oxygens (including phenoxy) is 1. The largest absolute Gasteiger partial charge is 0.544 e. The first kappa shape index (κ1) is 17.6. The molecular weight excluding hydrogens is 362 g/mol. The first-order valence-electron chi connectivity index (χ1n) is 8.59. The Hall–Kier alpha value is -2.83. The molecule has 0 amide bonds. The van der Waals surface area contributed by atoms with Gasteiger partial charge in [0.15, 0.2) is 5.37 Å². The Balaban J connectivity index is 1.48. The van der Waals surface area contributed by atoms with Crippen LogP contribution in [0.2, 0.25) is 0 Å². The molecule has 1 aliphatic rings. The van der Waals surface area contributed by atoms with Crippen LogP contribution in [0.3, 0.4) is 0 Å². The smallest absolute Gasteiger partial charge is 0.344 e. The number of fused-ring (bicyclic) bond motifs is 1. The van der Waals surface area contributed by atoms with Crippen molar-refractivity contribution in [2.75, 3.05) is 5.75 Å². The van der Waals surface area contributed by atoms with Crippen molar-refractivity contribution in [1.29, 1.82) is 0 Å². The molecule has 1 saturated heterocycles. The van der Waals surface area contributed by atoms with Crippen molar-refractivity contribution < 1.29 is 24.7 Å². The fourth-order valence-electron chi connectivity index (χ4n) is 3.17. The van der Waals surface area contributed by atoms with Gasteiger partial charge in [-0.15, -0.1) is 0 Å². The van der Waals surface area contributed by atoms with E-state index in [1.165, 1.54) is 0 Å². The summed E-state index contributed by atoms with van der Waals surface area (Å²) in [6.45, 7) is 0. The van der Waals surface area contributed by atoms with Gasteiger partial charge in [0.05, 0.1) is 11.3 Å². The van der Waals surface area contributed by atoms with E-state index in [1.54, 1.807) is 35.3 Å². The van der Waals surface area contributed by atoms with Crippen molar-refractivity contribution in [3.8, 4) is 5.75 Å². The summed E-state index contributed by atoms with van der Waals surface area (Å²) in [4.78, 5) is 23.6. The van der Waals surface area contributed by atoms with Crippen LogP contribution in [0.25, 0.3) is 10.8 Å². The third kappa shape index (κ3) is 3.67. The van der Waals surface area contributed by atoms with Gasteiger partial charge >= 0.3 is 5.97 Å². The molecule has 27 heavy (non-hydrogen) atoms. The van der Waals surface area contributed by atoms with E-state index in [2.05, 4.69) is 0 Å². The molecule has 2 atom stereocenters. The number of quaternary nitrogens is 1. The van der Waals surface area contributed by atoms with E-state index in [0.29, 0.717) is 17.1 Å². The zero-order chi connectivity index (χ0) is 18.8. The number of rotatable bonds is 4. The Labute approximate surface area is 160 Å². The number of carbonyl (C=O) groups excluding carboxylic acids is 2. The van der Waals surface area contributed by atoms with Crippen molar-refractivity contribution in [3.63, 3.8) is 0 Å². The number of thioether (sulfide) groups is 1. The van der Waals surface area contributed by atoms with Crippen LogP contribution < -0.4 is 15.2 Å². The van der Waals surface area contributed by atoms with Crippen molar-refractivity contribution >= 4 is 34.5 Å². The number of hydrogen-bond acceptors (Lipinski definition) is 5. The Kier molecular flexibility index (Phi) is 4.83. The van der Waals surface area contributed by atoms with Gasteiger partial charge in [-0.2, -0.15) is 0 Å². The maximum atomic E-state index is 12.6. The normalized spacial score (nSPS) is 19.1. The molecule has 0 radical (unpaired) electrons. The molecule has 6 heteroatoms. The van der Waals surface area contributed by atoms with Crippen LogP contribution in [0, 0.1) is 0 Å². The third-order valence-corrected chi connectivity index (χ3v) is 5.93. The summed E-state index contributed by atoms with van der Waals surface area (Å²) in [6.07, 6.45) is 0. The van der Waals surface area contributed by atoms with E-state index in [0.717, 1.165) is 16.3 Å². The highest BCUT2D eigenvalue weighted by molar-refractivity contribution is 7.99. The van der Waals surface area contributed by atoms with Crippen LogP contribution >= 0.6 is 11.8 Å². The molecule has 0 aliphatic carbocycles. The number of benzene rings is 3. The van der Waals surface area contributed by atoms with Crippen molar-refractivity contribution in [1.82, 2.24) is 0 Å². The Morgan fingerprint density at radius 3 is 2.48 bits per heavy atom. The first-order valence-corrected chi connectivity index (χ1v) is 9.64. The molecule has 4 rings (SSSR count). The molecule has 0 bridgehead atoms. The van der Waals surface area contributed by atoms with Gasteiger partial charge in [-0.3, -0.25) is 0 Å². The summed E-state index contributed by atoms with van der Waals surface area (Å²) in [6, 6.07) is 19.9. The molecule has 1 fully saturated rings. The number of esters is 1. The average Bonchev–Trinajstić information content (AvgIpc) is 3.18. The van der Waals surface area contributed by atoms with Gasteiger partial charge in [0.1, 0.15) is 17.8 Å². The lowest BCUT2D eigenvalue weighted by molar-refractivity contribution is -0.690. The molecule has 3 aromatic rings. The number of carboxylic acid groups (broad SMARTS) is 1. The number of carboxylic acids is 1. The summed E-state index contributed by atoms with van der Waals surface area (Å²) in [5, 5.41) is 14.6. The molecule has 0 aromatic heterocycles. The van der Waals surface area contributed by atoms with Crippen LogP contribution in [0.4, 0.5) is 0 Å². The highest BCUT2D eigenvalue weighted by Crippen LogP contribution is 2.28. The minimum absolute atomic E-state index is 0.00992. The van der Waals surface area contributed by atoms with Crippen LogP contribution in [-0.2, 0) is 4.79 Å². The Morgan fingerprint density at radius 2 is 1.74 bits per heavy atom. The monoisotopic (exact) mass is 379 g/mol. The lowest BCUT2D eigenvalue weighted by Gasteiger charge is -2.12. The standard InChI is InChI=1S/C21H17NO4S/c23-20(24)18-12-27-19(22-18)14-8-10-15(11-9-14)26-21(25)17-7-3-5-13-4-1-2-6-16(13)17/h1-11,18-19,22H,12H2,(H,23,24)/t18-,19+/m1/s1. The Bertz CT molecular complexity index is 997. The quantitative estimate of drug-likeness (QED) is 0.549. The highest BCUT2D eigenvalue weighted by atomic mass is 32.2. The van der Waals surface area contributed by atoms with Gasteiger partial charge in [0.2, 0.25) is 0 Å². The van der Waals surface area contributed by atoms with Gasteiger partial charge in [0, 0.05) is 5.56 Å². The molecule has 2 N–H and O–H groups in total. The number of nitrogens with two attached hydrogens (primary N) is 1. The topological polar surface area (TPSA) is 83.0 Å². The second-order valence-corrected chi connectivity index (χ2v) is 7.53. The molecular formula is C21H17NO4S. The number of aliphatic carboxylic acids is 1. The van der Waals surface area contributed by atoms with Gasteiger partial charge in [0.25, 0.3) is 0 Å². The number of hydrogen-bond donors (Lipinski definition) is 1. The van der Waals surface area contributed by atoms with Crippen LogP contribution in [-0.4, -0.2) is 23.7 Å². The Morgan fingerprint density at radius 1 is 1.00 bits per heavy atom. The van der Waals surface area contributed by atoms with E-state index in [-0.39, 0.29) is 5.37 Å². The summed E-state index contributed by atoms with van der Waals surface area (Å²) in [5.74, 6) is -0.467. The molecule has 1 aliphatic heterocycles. The summed E-state index contributed by atoms with van der Waals surface area (Å²) in [5.41, 5.74) is 1.50. The third-order valence-electron chi connectivity index (χ3n) is 4.59. The molecule has 136 valence electrons. The van der Waals surface area contributed by atoms with E-state index in [1.807, 2.05) is 48.5 Å². The maximum absolute atomic E-state index is 12.6. The van der Waals surface area contributed by atoms with Crippen molar-refractivity contribution in [3.05, 3.63) is 77.9 Å². The summed E-state index contributed by atoms with van der Waals surface area (Å²) < 4.78 is 5.53. The molecule has 5 nitrogen and oxygen atoms in total. The molecule has 0 spiro atoms.